The highest BCUT2D eigenvalue weighted by Crippen LogP contribution is 2.25. The lowest BCUT2D eigenvalue weighted by molar-refractivity contribution is -0.114. The number of nitrogens with one attached hydrogen (secondary N) is 1. The SMILES string of the molecule is Cc1ccc(N(CC(=O)Nc2ccc(F)c(F)c2)S(C)(=O)=O)cc1Cl. The molecular formula is C16H15ClF2N2O3S. The zero-order valence-corrected chi connectivity index (χ0v) is 15.0. The highest BCUT2D eigenvalue weighted by molar-refractivity contribution is 7.92. The maximum atomic E-state index is 13.2. The summed E-state index contributed by atoms with van der Waals surface area (Å²) in [5.74, 6) is -2.89. The van der Waals surface area contributed by atoms with Gasteiger partial charge in [-0.2, -0.15) is 0 Å². The summed E-state index contributed by atoms with van der Waals surface area (Å²) in [6, 6.07) is 7.42. The average molecular weight is 389 g/mol. The summed E-state index contributed by atoms with van der Waals surface area (Å²) < 4.78 is 51.0. The van der Waals surface area contributed by atoms with Crippen LogP contribution < -0.4 is 9.62 Å². The van der Waals surface area contributed by atoms with Gasteiger partial charge in [0.1, 0.15) is 6.54 Å². The molecule has 1 amide bonds. The van der Waals surface area contributed by atoms with Crippen molar-refractivity contribution in [3.63, 3.8) is 0 Å². The highest BCUT2D eigenvalue weighted by atomic mass is 35.5. The van der Waals surface area contributed by atoms with Gasteiger partial charge in [0, 0.05) is 16.8 Å². The zero-order chi connectivity index (χ0) is 18.8. The fraction of sp³-hybridized carbons (Fsp3) is 0.188. The topological polar surface area (TPSA) is 66.5 Å². The third-order valence-corrected chi connectivity index (χ3v) is 4.88. The summed E-state index contributed by atoms with van der Waals surface area (Å²) in [6.07, 6.45) is 0.950. The van der Waals surface area contributed by atoms with Gasteiger partial charge >= 0.3 is 0 Å². The van der Waals surface area contributed by atoms with Crippen LogP contribution in [0.4, 0.5) is 20.2 Å². The summed E-state index contributed by atoms with van der Waals surface area (Å²) in [5, 5.41) is 2.68. The van der Waals surface area contributed by atoms with E-state index >= 15 is 0 Å². The Kier molecular flexibility index (Phi) is 5.64. The fourth-order valence-corrected chi connectivity index (χ4v) is 3.06. The molecule has 2 rings (SSSR count). The van der Waals surface area contributed by atoms with E-state index in [0.717, 1.165) is 28.3 Å². The molecule has 9 heteroatoms. The molecule has 0 unspecified atom stereocenters. The smallest absolute Gasteiger partial charge is 0.245 e. The van der Waals surface area contributed by atoms with Gasteiger partial charge in [-0.05, 0) is 36.8 Å². The van der Waals surface area contributed by atoms with Gasteiger partial charge in [0.25, 0.3) is 0 Å². The van der Waals surface area contributed by atoms with Crippen molar-refractivity contribution >= 4 is 38.9 Å². The van der Waals surface area contributed by atoms with E-state index in [9.17, 15) is 22.0 Å². The van der Waals surface area contributed by atoms with Gasteiger partial charge in [0.2, 0.25) is 15.9 Å². The van der Waals surface area contributed by atoms with E-state index in [-0.39, 0.29) is 11.4 Å². The number of rotatable bonds is 5. The van der Waals surface area contributed by atoms with Crippen molar-refractivity contribution in [3.05, 3.63) is 58.6 Å². The Hall–Kier alpha value is -2.19. The predicted octanol–water partition coefficient (Wildman–Crippen LogP) is 3.33. The molecule has 5 nitrogen and oxygen atoms in total. The van der Waals surface area contributed by atoms with Crippen molar-refractivity contribution in [2.75, 3.05) is 22.4 Å². The summed E-state index contributed by atoms with van der Waals surface area (Å²) in [7, 11) is -3.77. The highest BCUT2D eigenvalue weighted by Gasteiger charge is 2.21. The van der Waals surface area contributed by atoms with Crippen molar-refractivity contribution in [1.82, 2.24) is 0 Å². The summed E-state index contributed by atoms with van der Waals surface area (Å²) in [5.41, 5.74) is 0.989. The van der Waals surface area contributed by atoms with Crippen LogP contribution in [-0.2, 0) is 14.8 Å². The molecular weight excluding hydrogens is 374 g/mol. The van der Waals surface area contributed by atoms with Crippen molar-refractivity contribution in [3.8, 4) is 0 Å². The molecule has 25 heavy (non-hydrogen) atoms. The van der Waals surface area contributed by atoms with Crippen molar-refractivity contribution in [2.24, 2.45) is 0 Å². The number of sulfonamides is 1. The number of amides is 1. The number of hydrogen-bond donors (Lipinski definition) is 1. The first-order chi connectivity index (χ1) is 11.6. The molecule has 0 heterocycles. The number of halogens is 3. The molecule has 0 saturated heterocycles. The minimum atomic E-state index is -3.77. The molecule has 2 aromatic carbocycles. The number of anilines is 2. The quantitative estimate of drug-likeness (QED) is 0.854. The van der Waals surface area contributed by atoms with Crippen LogP contribution in [0, 0.1) is 18.6 Å². The lowest BCUT2D eigenvalue weighted by atomic mass is 10.2. The molecule has 0 aliphatic heterocycles. The Balaban J connectivity index is 2.23. The first-order valence-electron chi connectivity index (χ1n) is 7.06. The van der Waals surface area contributed by atoms with Crippen molar-refractivity contribution in [2.45, 2.75) is 6.92 Å². The Labute approximate surface area is 149 Å². The molecule has 0 aliphatic carbocycles. The monoisotopic (exact) mass is 388 g/mol. The van der Waals surface area contributed by atoms with E-state index in [1.165, 1.54) is 18.2 Å². The van der Waals surface area contributed by atoms with Gasteiger partial charge in [0.05, 0.1) is 11.9 Å². The van der Waals surface area contributed by atoms with Gasteiger partial charge in [-0.1, -0.05) is 17.7 Å². The number of benzene rings is 2. The second-order valence-electron chi connectivity index (χ2n) is 5.38. The number of aryl methyl sites for hydroxylation is 1. The Morgan fingerprint density at radius 2 is 1.84 bits per heavy atom. The maximum absolute atomic E-state index is 13.2. The van der Waals surface area contributed by atoms with E-state index in [1.807, 2.05) is 0 Å². The molecule has 0 radical (unpaired) electrons. The molecule has 2 aromatic rings. The van der Waals surface area contributed by atoms with Gasteiger partial charge < -0.3 is 5.32 Å². The number of hydrogen-bond acceptors (Lipinski definition) is 3. The molecule has 0 fully saturated rings. The van der Waals surface area contributed by atoms with Crippen LogP contribution in [0.5, 0.6) is 0 Å². The van der Waals surface area contributed by atoms with Crippen molar-refractivity contribution in [1.29, 1.82) is 0 Å². The molecule has 1 N–H and O–H groups in total. The molecule has 0 spiro atoms. The first-order valence-corrected chi connectivity index (χ1v) is 9.29. The van der Waals surface area contributed by atoms with Gasteiger partial charge in [-0.25, -0.2) is 17.2 Å². The van der Waals surface area contributed by atoms with E-state index in [1.54, 1.807) is 13.0 Å². The summed E-state index contributed by atoms with van der Waals surface area (Å²) in [4.78, 5) is 12.1. The average Bonchev–Trinajstić information content (AvgIpc) is 2.50. The molecule has 0 atom stereocenters. The maximum Gasteiger partial charge on any atom is 0.245 e. The summed E-state index contributed by atoms with van der Waals surface area (Å²) >= 11 is 6.01. The van der Waals surface area contributed by atoms with Crippen LogP contribution in [0.2, 0.25) is 5.02 Å². The van der Waals surface area contributed by atoms with Gasteiger partial charge in [0.15, 0.2) is 11.6 Å². The molecule has 0 aliphatic rings. The van der Waals surface area contributed by atoms with Crippen LogP contribution in [0.15, 0.2) is 36.4 Å². The third-order valence-electron chi connectivity index (χ3n) is 3.33. The predicted molar refractivity (Wildman–Crippen MR) is 93.4 cm³/mol. The fourth-order valence-electron chi connectivity index (χ4n) is 2.04. The van der Waals surface area contributed by atoms with Crippen LogP contribution in [0.3, 0.4) is 0 Å². The Bertz CT molecular complexity index is 920. The molecule has 0 aromatic heterocycles. The van der Waals surface area contributed by atoms with Crippen molar-refractivity contribution < 1.29 is 22.0 Å². The van der Waals surface area contributed by atoms with Crippen LogP contribution in [-0.4, -0.2) is 27.1 Å². The molecule has 0 bridgehead atoms. The van der Waals surface area contributed by atoms with Gasteiger partial charge in [-0.3, -0.25) is 9.10 Å². The van der Waals surface area contributed by atoms with Crippen LogP contribution >= 0.6 is 11.6 Å². The minimum absolute atomic E-state index is 0.0132. The van der Waals surface area contributed by atoms with E-state index in [4.69, 9.17) is 11.6 Å². The van der Waals surface area contributed by atoms with E-state index in [0.29, 0.717) is 5.02 Å². The third kappa shape index (κ3) is 4.90. The van der Waals surface area contributed by atoms with E-state index in [2.05, 4.69) is 5.32 Å². The van der Waals surface area contributed by atoms with Gasteiger partial charge in [-0.15, -0.1) is 0 Å². The normalized spacial score (nSPS) is 11.2. The largest absolute Gasteiger partial charge is 0.324 e. The first kappa shape index (κ1) is 19.1. The zero-order valence-electron chi connectivity index (χ0n) is 13.4. The van der Waals surface area contributed by atoms with E-state index < -0.39 is 34.1 Å². The number of carbonyl (C=O) groups excluding carboxylic acids is 1. The Morgan fingerprint density at radius 3 is 2.40 bits per heavy atom. The summed E-state index contributed by atoms with van der Waals surface area (Å²) in [6.45, 7) is 1.21. The van der Waals surface area contributed by atoms with Crippen LogP contribution in [0.25, 0.3) is 0 Å². The lowest BCUT2D eigenvalue weighted by Gasteiger charge is -2.22. The second-order valence-corrected chi connectivity index (χ2v) is 7.69. The number of carbonyl (C=O) groups is 1. The lowest BCUT2D eigenvalue weighted by Crippen LogP contribution is -2.37. The standard InChI is InChI=1S/C16H15ClF2N2O3S/c1-10-3-5-12(8-13(10)17)21(25(2,23)24)9-16(22)20-11-4-6-14(18)15(19)7-11/h3-8H,9H2,1-2H3,(H,20,22). The number of nitrogens with zero attached hydrogens (tertiary/aromatic N) is 1. The second kappa shape index (κ2) is 7.37. The molecule has 0 saturated carbocycles. The van der Waals surface area contributed by atoms with Crippen LogP contribution in [0.1, 0.15) is 5.56 Å². The minimum Gasteiger partial charge on any atom is -0.324 e. The molecule has 134 valence electrons. The Morgan fingerprint density at radius 1 is 1.16 bits per heavy atom.